The smallest absolute Gasteiger partial charge is 0.350 e. The van der Waals surface area contributed by atoms with Gasteiger partial charge in [0.05, 0.1) is 6.61 Å². The van der Waals surface area contributed by atoms with Crippen LogP contribution in [0.5, 0.6) is 0 Å². The van der Waals surface area contributed by atoms with Gasteiger partial charge in [0, 0.05) is 6.92 Å². The maximum atomic E-state index is 11.7. The van der Waals surface area contributed by atoms with Crippen molar-refractivity contribution in [3.63, 3.8) is 0 Å². The summed E-state index contributed by atoms with van der Waals surface area (Å²) in [6.45, 7) is 10.7. The highest BCUT2D eigenvalue weighted by atomic mass is 16.6. The zero-order valence-electron chi connectivity index (χ0n) is 11.0. The molecule has 0 aromatic carbocycles. The molecule has 0 aliphatic rings. The van der Waals surface area contributed by atoms with Gasteiger partial charge < -0.3 is 9.47 Å². The van der Waals surface area contributed by atoms with E-state index >= 15 is 0 Å². The highest BCUT2D eigenvalue weighted by molar-refractivity contribution is 5.82. The van der Waals surface area contributed by atoms with Crippen LogP contribution in [0.3, 0.4) is 0 Å². The molecular weight excluding hydrogens is 208 g/mol. The zero-order valence-corrected chi connectivity index (χ0v) is 11.0. The number of hydrogen-bond acceptors (Lipinski definition) is 4. The van der Waals surface area contributed by atoms with Gasteiger partial charge in [-0.2, -0.15) is 0 Å². The van der Waals surface area contributed by atoms with Gasteiger partial charge in [-0.15, -0.1) is 0 Å². The molecule has 0 unspecified atom stereocenters. The largest absolute Gasteiger partial charge is 0.462 e. The average molecular weight is 230 g/mol. The molecule has 0 aliphatic carbocycles. The first-order valence-electron chi connectivity index (χ1n) is 5.47. The predicted octanol–water partition coefficient (Wildman–Crippen LogP) is 2.31. The first kappa shape index (κ1) is 14.9. The fourth-order valence-electron chi connectivity index (χ4n) is 0.938. The van der Waals surface area contributed by atoms with Crippen LogP contribution in [0.1, 0.15) is 48.0 Å². The van der Waals surface area contributed by atoms with Crippen LogP contribution in [0, 0.1) is 5.41 Å². The zero-order chi connectivity index (χ0) is 13.0. The molecule has 4 nitrogen and oxygen atoms in total. The third-order valence-electron chi connectivity index (χ3n) is 2.44. The van der Waals surface area contributed by atoms with E-state index in [1.807, 2.05) is 20.8 Å². The number of hydrogen-bond donors (Lipinski definition) is 0. The topological polar surface area (TPSA) is 52.6 Å². The van der Waals surface area contributed by atoms with Crippen molar-refractivity contribution < 1.29 is 19.1 Å². The summed E-state index contributed by atoms with van der Waals surface area (Å²) < 4.78 is 10.0. The molecule has 4 heteroatoms. The molecule has 0 saturated carbocycles. The van der Waals surface area contributed by atoms with Crippen molar-refractivity contribution in [2.75, 3.05) is 6.61 Å². The maximum absolute atomic E-state index is 11.7. The molecule has 94 valence electrons. The lowest BCUT2D eigenvalue weighted by Crippen LogP contribution is -2.39. The van der Waals surface area contributed by atoms with Crippen LogP contribution >= 0.6 is 0 Å². The Morgan fingerprint density at radius 3 is 2.00 bits per heavy atom. The lowest BCUT2D eigenvalue weighted by atomic mass is 9.92. The van der Waals surface area contributed by atoms with Crippen molar-refractivity contribution in [1.82, 2.24) is 0 Å². The van der Waals surface area contributed by atoms with Gasteiger partial charge in [0.15, 0.2) is 0 Å². The highest BCUT2D eigenvalue weighted by Gasteiger charge is 2.33. The van der Waals surface area contributed by atoms with E-state index in [4.69, 9.17) is 9.47 Å². The van der Waals surface area contributed by atoms with Crippen molar-refractivity contribution >= 4 is 11.9 Å². The van der Waals surface area contributed by atoms with Crippen LogP contribution in [0.4, 0.5) is 0 Å². The lowest BCUT2D eigenvalue weighted by molar-refractivity contribution is -0.179. The summed E-state index contributed by atoms with van der Waals surface area (Å²) >= 11 is 0. The highest BCUT2D eigenvalue weighted by Crippen LogP contribution is 2.21. The molecule has 0 aromatic rings. The second-order valence-electron chi connectivity index (χ2n) is 5.20. The molecule has 0 aromatic heterocycles. The Morgan fingerprint density at radius 2 is 1.62 bits per heavy atom. The first-order chi connectivity index (χ1) is 7.10. The van der Waals surface area contributed by atoms with Crippen molar-refractivity contribution in [3.8, 4) is 0 Å². The van der Waals surface area contributed by atoms with E-state index in [9.17, 15) is 9.59 Å². The Morgan fingerprint density at radius 1 is 1.12 bits per heavy atom. The fourth-order valence-corrected chi connectivity index (χ4v) is 0.938. The molecule has 0 radical (unpaired) electrons. The van der Waals surface area contributed by atoms with Crippen LogP contribution in [0.2, 0.25) is 0 Å². The van der Waals surface area contributed by atoms with Crippen LogP contribution in [-0.4, -0.2) is 24.1 Å². The van der Waals surface area contributed by atoms with Gasteiger partial charge in [0.2, 0.25) is 5.60 Å². The molecule has 0 N–H and O–H groups in total. The van der Waals surface area contributed by atoms with Gasteiger partial charge in [0.1, 0.15) is 0 Å². The minimum atomic E-state index is -1.21. The van der Waals surface area contributed by atoms with Gasteiger partial charge in [-0.1, -0.05) is 20.8 Å². The Bertz CT molecular complexity index is 266. The molecule has 0 aliphatic heterocycles. The van der Waals surface area contributed by atoms with Gasteiger partial charge in [-0.3, -0.25) is 4.79 Å². The molecule has 0 atom stereocenters. The van der Waals surface area contributed by atoms with Gasteiger partial charge in [-0.05, 0) is 25.7 Å². The Hall–Kier alpha value is -1.06. The van der Waals surface area contributed by atoms with E-state index in [-0.39, 0.29) is 5.41 Å². The molecule has 0 amide bonds. The summed E-state index contributed by atoms with van der Waals surface area (Å²) in [4.78, 5) is 22.5. The summed E-state index contributed by atoms with van der Waals surface area (Å²) in [5, 5.41) is 0. The Labute approximate surface area is 97.3 Å². The third kappa shape index (κ3) is 5.14. The second kappa shape index (κ2) is 5.32. The van der Waals surface area contributed by atoms with Crippen molar-refractivity contribution in [2.45, 2.75) is 53.6 Å². The maximum Gasteiger partial charge on any atom is 0.350 e. The summed E-state index contributed by atoms with van der Waals surface area (Å²) in [5.74, 6) is -0.999. The minimum Gasteiger partial charge on any atom is -0.462 e. The second-order valence-corrected chi connectivity index (χ2v) is 5.20. The SMILES string of the molecule is CCC(C)(C)COC(=O)C(C)(C)OC(C)=O. The minimum absolute atomic E-state index is 0.0536. The molecule has 16 heavy (non-hydrogen) atoms. The quantitative estimate of drug-likeness (QED) is 0.680. The van der Waals surface area contributed by atoms with E-state index in [1.165, 1.54) is 20.8 Å². The number of carbonyl (C=O) groups is 2. The van der Waals surface area contributed by atoms with Gasteiger partial charge in [-0.25, -0.2) is 4.79 Å². The normalized spacial score (nSPS) is 12.1. The third-order valence-corrected chi connectivity index (χ3v) is 2.44. The summed E-state index contributed by atoms with van der Waals surface area (Å²) in [6, 6.07) is 0. The lowest BCUT2D eigenvalue weighted by Gasteiger charge is -2.26. The first-order valence-corrected chi connectivity index (χ1v) is 5.47. The number of carbonyl (C=O) groups excluding carboxylic acids is 2. The number of rotatable bonds is 5. The molecule has 0 bridgehead atoms. The Balaban J connectivity index is 4.31. The standard InChI is InChI=1S/C12H22O4/c1-7-11(3,4)8-15-10(14)12(5,6)16-9(2)13/h7-8H2,1-6H3. The molecule has 0 spiro atoms. The molecular formula is C12H22O4. The summed E-state index contributed by atoms with van der Waals surface area (Å²) in [6.07, 6.45) is 0.911. The van der Waals surface area contributed by atoms with Crippen molar-refractivity contribution in [2.24, 2.45) is 5.41 Å². The van der Waals surface area contributed by atoms with E-state index in [2.05, 4.69) is 0 Å². The monoisotopic (exact) mass is 230 g/mol. The van der Waals surface area contributed by atoms with E-state index < -0.39 is 17.5 Å². The van der Waals surface area contributed by atoms with Crippen LogP contribution in [0.25, 0.3) is 0 Å². The van der Waals surface area contributed by atoms with Gasteiger partial charge in [0.25, 0.3) is 0 Å². The van der Waals surface area contributed by atoms with E-state index in [1.54, 1.807) is 0 Å². The van der Waals surface area contributed by atoms with Crippen LogP contribution in [0.15, 0.2) is 0 Å². The molecule has 0 fully saturated rings. The molecule has 0 rings (SSSR count). The molecule has 0 saturated heterocycles. The number of ether oxygens (including phenoxy) is 2. The van der Waals surface area contributed by atoms with Crippen LogP contribution < -0.4 is 0 Å². The number of esters is 2. The fraction of sp³-hybridized carbons (Fsp3) is 0.833. The van der Waals surface area contributed by atoms with E-state index in [0.29, 0.717) is 6.61 Å². The summed E-state index contributed by atoms with van der Waals surface area (Å²) in [5.41, 5.74) is -1.27. The van der Waals surface area contributed by atoms with Crippen LogP contribution in [-0.2, 0) is 19.1 Å². The summed E-state index contributed by atoms with van der Waals surface area (Å²) in [7, 11) is 0. The molecule has 0 heterocycles. The predicted molar refractivity (Wildman–Crippen MR) is 60.9 cm³/mol. The van der Waals surface area contributed by atoms with Crippen molar-refractivity contribution in [3.05, 3.63) is 0 Å². The van der Waals surface area contributed by atoms with E-state index in [0.717, 1.165) is 6.42 Å². The Kier molecular flexibility index (Phi) is 4.97. The van der Waals surface area contributed by atoms with Crippen molar-refractivity contribution in [1.29, 1.82) is 0 Å². The average Bonchev–Trinajstić information content (AvgIpc) is 2.12. The van der Waals surface area contributed by atoms with Gasteiger partial charge >= 0.3 is 11.9 Å².